The van der Waals surface area contributed by atoms with Crippen molar-refractivity contribution in [2.45, 2.75) is 84.2 Å². The Labute approximate surface area is 172 Å². The zero-order valence-electron chi connectivity index (χ0n) is 18.5. The van der Waals surface area contributed by atoms with E-state index in [1.165, 1.54) is 7.11 Å². The van der Waals surface area contributed by atoms with Crippen molar-refractivity contribution in [3.05, 3.63) is 23.0 Å². The van der Waals surface area contributed by atoms with Gasteiger partial charge in [0.15, 0.2) is 5.65 Å². The molecule has 1 N–H and O–H groups in total. The third-order valence-electron chi connectivity index (χ3n) is 5.69. The number of carbonyl (C=O) groups is 2. The van der Waals surface area contributed by atoms with Gasteiger partial charge in [0.25, 0.3) is 5.91 Å². The Morgan fingerprint density at radius 1 is 1.24 bits per heavy atom. The van der Waals surface area contributed by atoms with E-state index in [-0.39, 0.29) is 23.3 Å². The van der Waals surface area contributed by atoms with Crippen LogP contribution in [-0.2, 0) is 15.1 Å². The van der Waals surface area contributed by atoms with Gasteiger partial charge >= 0.3 is 5.97 Å². The van der Waals surface area contributed by atoms with Gasteiger partial charge in [-0.2, -0.15) is 5.10 Å². The van der Waals surface area contributed by atoms with Crippen molar-refractivity contribution in [3.63, 3.8) is 0 Å². The second-order valence-electron chi connectivity index (χ2n) is 9.35. The molecule has 0 bridgehead atoms. The van der Waals surface area contributed by atoms with Gasteiger partial charge in [-0.25, -0.2) is 14.5 Å². The van der Waals surface area contributed by atoms with E-state index < -0.39 is 5.54 Å². The molecule has 2 aromatic heterocycles. The lowest BCUT2D eigenvalue weighted by atomic mass is 9.96. The zero-order chi connectivity index (χ0) is 21.6. The molecule has 1 amide bonds. The Morgan fingerprint density at radius 3 is 2.38 bits per heavy atom. The molecule has 2 aromatic rings. The summed E-state index contributed by atoms with van der Waals surface area (Å²) in [4.78, 5) is 30.8. The van der Waals surface area contributed by atoms with Crippen LogP contribution < -0.4 is 5.32 Å². The number of fused-ring (bicyclic) bond motifs is 1. The fourth-order valence-corrected chi connectivity index (χ4v) is 4.09. The summed E-state index contributed by atoms with van der Waals surface area (Å²) in [5.74, 6) is -0.501. The van der Waals surface area contributed by atoms with Crippen LogP contribution in [0.5, 0.6) is 0 Å². The number of hydrogen-bond acceptors (Lipinski definition) is 5. The van der Waals surface area contributed by atoms with Crippen molar-refractivity contribution in [1.29, 1.82) is 0 Å². The number of carbonyl (C=O) groups excluding carboxylic acids is 2. The van der Waals surface area contributed by atoms with E-state index in [1.54, 1.807) is 0 Å². The molecule has 29 heavy (non-hydrogen) atoms. The van der Waals surface area contributed by atoms with E-state index in [1.807, 2.05) is 31.5 Å². The van der Waals surface area contributed by atoms with Crippen molar-refractivity contribution in [3.8, 4) is 0 Å². The number of rotatable bonds is 4. The highest BCUT2D eigenvalue weighted by molar-refractivity contribution is 6.08. The van der Waals surface area contributed by atoms with E-state index in [4.69, 9.17) is 9.72 Å². The number of amides is 1. The number of aromatic nitrogens is 3. The maximum atomic E-state index is 13.4. The normalized spacial score (nSPS) is 16.4. The van der Waals surface area contributed by atoms with Crippen molar-refractivity contribution in [2.24, 2.45) is 0 Å². The topological polar surface area (TPSA) is 86.1 Å². The Morgan fingerprint density at radius 2 is 1.86 bits per heavy atom. The molecule has 0 unspecified atom stereocenters. The number of methoxy groups -OCH3 is 1. The lowest BCUT2D eigenvalue weighted by molar-refractivity contribution is -0.148. The van der Waals surface area contributed by atoms with Gasteiger partial charge in [-0.1, -0.05) is 26.7 Å². The van der Waals surface area contributed by atoms with E-state index in [9.17, 15) is 9.59 Å². The van der Waals surface area contributed by atoms with Crippen LogP contribution in [0.2, 0.25) is 0 Å². The maximum absolute atomic E-state index is 13.4. The Bertz CT molecular complexity index is 947. The first-order valence-corrected chi connectivity index (χ1v) is 10.3. The highest BCUT2D eigenvalue weighted by Crippen LogP contribution is 2.33. The lowest BCUT2D eigenvalue weighted by Crippen LogP contribution is -2.53. The Balaban J connectivity index is 2.16. The molecule has 0 radical (unpaired) electrons. The quantitative estimate of drug-likeness (QED) is 0.788. The first-order chi connectivity index (χ1) is 13.5. The van der Waals surface area contributed by atoms with Crippen molar-refractivity contribution in [1.82, 2.24) is 20.1 Å². The number of pyridine rings is 1. The summed E-state index contributed by atoms with van der Waals surface area (Å²) in [5, 5.41) is 8.44. The Kier molecular flexibility index (Phi) is 5.45. The van der Waals surface area contributed by atoms with Crippen molar-refractivity contribution >= 4 is 22.9 Å². The second-order valence-corrected chi connectivity index (χ2v) is 9.35. The molecule has 3 rings (SSSR count). The summed E-state index contributed by atoms with van der Waals surface area (Å²) >= 11 is 0. The molecule has 1 aliphatic rings. The minimum absolute atomic E-state index is 0.149. The molecule has 1 saturated carbocycles. The summed E-state index contributed by atoms with van der Waals surface area (Å²) in [5.41, 5.74) is 1.56. The molecule has 0 saturated heterocycles. The molecule has 7 nitrogen and oxygen atoms in total. The number of hydrogen-bond donors (Lipinski definition) is 1. The molecule has 2 heterocycles. The van der Waals surface area contributed by atoms with Gasteiger partial charge < -0.3 is 10.1 Å². The number of nitrogens with one attached hydrogen (secondary N) is 1. The van der Waals surface area contributed by atoms with Gasteiger partial charge in [-0.3, -0.25) is 4.79 Å². The fraction of sp³-hybridized carbons (Fsp3) is 0.636. The number of ether oxygens (including phenoxy) is 1. The van der Waals surface area contributed by atoms with Crippen LogP contribution >= 0.6 is 0 Å². The van der Waals surface area contributed by atoms with Crippen molar-refractivity contribution < 1.29 is 14.3 Å². The first kappa shape index (κ1) is 21.3. The predicted molar refractivity (Wildman–Crippen MR) is 112 cm³/mol. The molecular weight excluding hydrogens is 368 g/mol. The number of esters is 1. The van der Waals surface area contributed by atoms with Gasteiger partial charge in [-0.15, -0.1) is 0 Å². The molecular formula is C22H32N4O3. The SMILES string of the molecule is COC(=O)C1(NC(=O)c2cc(C(C)C)nc3c2c(C)nn3C(C)(C)C)CCCC1. The minimum Gasteiger partial charge on any atom is -0.467 e. The summed E-state index contributed by atoms with van der Waals surface area (Å²) in [6.07, 6.45) is 2.96. The van der Waals surface area contributed by atoms with Gasteiger partial charge in [0.1, 0.15) is 5.54 Å². The molecule has 0 spiro atoms. The zero-order valence-corrected chi connectivity index (χ0v) is 18.5. The highest BCUT2D eigenvalue weighted by Gasteiger charge is 2.44. The largest absolute Gasteiger partial charge is 0.467 e. The van der Waals surface area contributed by atoms with E-state index in [0.717, 1.165) is 29.6 Å². The van der Waals surface area contributed by atoms with Crippen LogP contribution in [0.15, 0.2) is 6.07 Å². The molecule has 0 atom stereocenters. The van der Waals surface area contributed by atoms with Crippen LogP contribution in [0, 0.1) is 6.92 Å². The molecule has 1 fully saturated rings. The number of nitrogens with zero attached hydrogens (tertiary/aromatic N) is 3. The van der Waals surface area contributed by atoms with E-state index in [2.05, 4.69) is 31.2 Å². The average Bonchev–Trinajstić information content (AvgIpc) is 3.25. The van der Waals surface area contributed by atoms with Gasteiger partial charge in [-0.05, 0) is 52.5 Å². The van der Waals surface area contributed by atoms with Gasteiger partial charge in [0.05, 0.1) is 29.3 Å². The Hall–Kier alpha value is -2.44. The summed E-state index contributed by atoms with van der Waals surface area (Å²) in [6, 6.07) is 1.84. The molecule has 0 aliphatic heterocycles. The standard InChI is InChI=1S/C22H32N4O3/c1-13(2)16-12-15(17-14(3)25-26(18(17)23-16)21(4,5)6)19(27)24-22(20(28)29-7)10-8-9-11-22/h12-13H,8-11H2,1-7H3,(H,24,27). The third kappa shape index (κ3) is 3.74. The molecule has 158 valence electrons. The van der Waals surface area contributed by atoms with E-state index in [0.29, 0.717) is 24.1 Å². The third-order valence-corrected chi connectivity index (χ3v) is 5.69. The fourth-order valence-electron chi connectivity index (χ4n) is 4.09. The predicted octanol–water partition coefficient (Wildman–Crippen LogP) is 3.83. The minimum atomic E-state index is -0.951. The van der Waals surface area contributed by atoms with Crippen LogP contribution in [0.4, 0.5) is 0 Å². The lowest BCUT2D eigenvalue weighted by Gasteiger charge is -2.27. The van der Waals surface area contributed by atoms with E-state index >= 15 is 0 Å². The summed E-state index contributed by atoms with van der Waals surface area (Å²) < 4.78 is 6.89. The maximum Gasteiger partial charge on any atom is 0.331 e. The van der Waals surface area contributed by atoms with Crippen molar-refractivity contribution in [2.75, 3.05) is 7.11 Å². The van der Waals surface area contributed by atoms with Crippen LogP contribution in [0.3, 0.4) is 0 Å². The van der Waals surface area contributed by atoms with Crippen LogP contribution in [0.1, 0.15) is 88.0 Å². The molecule has 1 aliphatic carbocycles. The smallest absolute Gasteiger partial charge is 0.331 e. The molecule has 0 aromatic carbocycles. The molecule has 7 heteroatoms. The number of aryl methyl sites for hydroxylation is 1. The first-order valence-electron chi connectivity index (χ1n) is 10.3. The highest BCUT2D eigenvalue weighted by atomic mass is 16.5. The van der Waals surface area contributed by atoms with Crippen LogP contribution in [-0.4, -0.2) is 39.3 Å². The summed E-state index contributed by atoms with van der Waals surface area (Å²) in [6.45, 7) is 12.2. The average molecular weight is 401 g/mol. The van der Waals surface area contributed by atoms with Crippen LogP contribution in [0.25, 0.3) is 11.0 Å². The monoisotopic (exact) mass is 400 g/mol. The summed E-state index contributed by atoms with van der Waals surface area (Å²) in [7, 11) is 1.37. The van der Waals surface area contributed by atoms with Gasteiger partial charge in [0.2, 0.25) is 0 Å². The van der Waals surface area contributed by atoms with Gasteiger partial charge in [0, 0.05) is 5.69 Å². The second kappa shape index (κ2) is 7.43.